The second-order valence-corrected chi connectivity index (χ2v) is 5.08. The molecule has 2 rings (SSSR count). The topological polar surface area (TPSA) is 62.1 Å². The van der Waals surface area contributed by atoms with E-state index in [4.69, 9.17) is 4.74 Å². The first-order valence-electron chi connectivity index (χ1n) is 6.42. The molecule has 2 fully saturated rings. The maximum Gasteiger partial charge on any atom is 0.296 e. The lowest BCUT2D eigenvalue weighted by atomic mass is 9.74. The number of carbonyl (C=O) groups excluding carboxylic acids is 1. The van der Waals surface area contributed by atoms with E-state index in [2.05, 4.69) is 23.2 Å². The van der Waals surface area contributed by atoms with Crippen molar-refractivity contribution in [1.82, 2.24) is 5.32 Å². The van der Waals surface area contributed by atoms with Crippen molar-refractivity contribution in [3.63, 3.8) is 0 Å². The van der Waals surface area contributed by atoms with E-state index in [9.17, 15) is 10.1 Å². The van der Waals surface area contributed by atoms with Crippen LogP contribution in [0.5, 0.6) is 0 Å². The van der Waals surface area contributed by atoms with Gasteiger partial charge < -0.3 is 10.1 Å². The van der Waals surface area contributed by atoms with Crippen LogP contribution < -0.4 is 5.32 Å². The summed E-state index contributed by atoms with van der Waals surface area (Å²) in [7, 11) is 0. The number of carbonyl (C=O) groups is 1. The molecule has 1 heterocycles. The average molecular weight is 246 g/mol. The van der Waals surface area contributed by atoms with E-state index in [1.165, 1.54) is 0 Å². The second-order valence-electron chi connectivity index (χ2n) is 5.08. The van der Waals surface area contributed by atoms with Gasteiger partial charge in [0, 0.05) is 13.2 Å². The molecule has 0 aromatic carbocycles. The molecule has 1 spiro atoms. The highest BCUT2D eigenvalue weighted by Gasteiger charge is 2.49. The smallest absolute Gasteiger partial charge is 0.296 e. The summed E-state index contributed by atoms with van der Waals surface area (Å²) < 4.78 is 5.40. The van der Waals surface area contributed by atoms with E-state index >= 15 is 0 Å². The Labute approximate surface area is 108 Å². The van der Waals surface area contributed by atoms with Crippen molar-refractivity contribution in [3.8, 4) is 17.9 Å². The summed E-state index contributed by atoms with van der Waals surface area (Å²) in [5, 5.41) is 12.2. The zero-order chi connectivity index (χ0) is 13.0. The molecule has 1 saturated carbocycles. The first-order valence-corrected chi connectivity index (χ1v) is 6.42. The van der Waals surface area contributed by atoms with E-state index < -0.39 is 0 Å². The second kappa shape index (κ2) is 5.42. The van der Waals surface area contributed by atoms with Crippen LogP contribution in [0.25, 0.3) is 0 Å². The molecule has 18 heavy (non-hydrogen) atoms. The predicted octanol–water partition coefficient (Wildman–Crippen LogP) is 1.22. The predicted molar refractivity (Wildman–Crippen MR) is 66.2 cm³/mol. The van der Waals surface area contributed by atoms with Crippen LogP contribution in [0, 0.1) is 34.5 Å². The highest BCUT2D eigenvalue weighted by Crippen LogP contribution is 2.48. The van der Waals surface area contributed by atoms with Crippen molar-refractivity contribution < 1.29 is 9.53 Å². The Morgan fingerprint density at radius 1 is 1.39 bits per heavy atom. The molecular formula is C14H18N2O2. The molecule has 2 atom stereocenters. The van der Waals surface area contributed by atoms with Crippen LogP contribution in [-0.2, 0) is 9.53 Å². The Morgan fingerprint density at radius 2 is 2.11 bits per heavy atom. The van der Waals surface area contributed by atoms with Gasteiger partial charge in [0.2, 0.25) is 0 Å². The van der Waals surface area contributed by atoms with Gasteiger partial charge in [-0.1, -0.05) is 5.92 Å². The van der Waals surface area contributed by atoms with E-state index in [-0.39, 0.29) is 23.3 Å². The number of rotatable bonds is 1. The fraction of sp³-hybridized carbons (Fsp3) is 0.714. The number of nitrogens with one attached hydrogen (secondary N) is 1. The molecule has 96 valence electrons. The standard InChI is InChI=1S/C14H18N2O2/c1-2-3-12(17)16-13-11(10-15)4-5-14(13)6-8-18-9-7-14/h11,13H,4-9H2,1H3,(H,16,17). The van der Waals surface area contributed by atoms with Gasteiger partial charge in [-0.3, -0.25) is 4.79 Å². The van der Waals surface area contributed by atoms with Crippen molar-refractivity contribution in [2.24, 2.45) is 11.3 Å². The minimum atomic E-state index is -0.268. The van der Waals surface area contributed by atoms with Crippen molar-refractivity contribution >= 4 is 5.91 Å². The lowest BCUT2D eigenvalue weighted by molar-refractivity contribution is -0.118. The molecule has 1 amide bonds. The van der Waals surface area contributed by atoms with Crippen LogP contribution in [0.4, 0.5) is 0 Å². The molecule has 1 aliphatic carbocycles. The molecular weight excluding hydrogens is 228 g/mol. The van der Waals surface area contributed by atoms with Crippen LogP contribution in [-0.4, -0.2) is 25.2 Å². The zero-order valence-electron chi connectivity index (χ0n) is 10.7. The number of ether oxygens (including phenoxy) is 1. The summed E-state index contributed by atoms with van der Waals surface area (Å²) in [6.07, 6.45) is 3.71. The van der Waals surface area contributed by atoms with Gasteiger partial charge in [-0.15, -0.1) is 0 Å². The van der Waals surface area contributed by atoms with E-state index in [1.54, 1.807) is 6.92 Å². The molecule has 2 unspecified atom stereocenters. The molecule has 1 aliphatic heterocycles. The first kappa shape index (κ1) is 12.9. The molecule has 0 aromatic rings. The number of nitrogens with zero attached hydrogens (tertiary/aromatic N) is 1. The van der Waals surface area contributed by atoms with Gasteiger partial charge in [-0.25, -0.2) is 0 Å². The maximum absolute atomic E-state index is 11.7. The molecule has 4 nitrogen and oxygen atoms in total. The molecule has 4 heteroatoms. The van der Waals surface area contributed by atoms with Gasteiger partial charge in [0.05, 0.1) is 18.0 Å². The van der Waals surface area contributed by atoms with E-state index in [0.29, 0.717) is 0 Å². The summed E-state index contributed by atoms with van der Waals surface area (Å²) in [5.74, 6) is 4.73. The Hall–Kier alpha value is -1.52. The molecule has 2 aliphatic rings. The third-order valence-electron chi connectivity index (χ3n) is 4.19. The fourth-order valence-electron chi connectivity index (χ4n) is 3.21. The van der Waals surface area contributed by atoms with Crippen molar-refractivity contribution in [2.45, 2.75) is 38.6 Å². The van der Waals surface area contributed by atoms with Crippen LogP contribution in [0.15, 0.2) is 0 Å². The largest absolute Gasteiger partial charge is 0.381 e. The lowest BCUT2D eigenvalue weighted by Crippen LogP contribution is -2.49. The van der Waals surface area contributed by atoms with Crippen LogP contribution in [0.2, 0.25) is 0 Å². The van der Waals surface area contributed by atoms with Gasteiger partial charge in [0.1, 0.15) is 0 Å². The number of nitriles is 1. The Kier molecular flexibility index (Phi) is 3.89. The van der Waals surface area contributed by atoms with Gasteiger partial charge in [0.25, 0.3) is 5.91 Å². The monoisotopic (exact) mass is 246 g/mol. The van der Waals surface area contributed by atoms with Gasteiger partial charge in [-0.05, 0) is 43.9 Å². The third kappa shape index (κ3) is 2.35. The van der Waals surface area contributed by atoms with Gasteiger partial charge in [0.15, 0.2) is 0 Å². The minimum Gasteiger partial charge on any atom is -0.381 e. The Morgan fingerprint density at radius 3 is 2.72 bits per heavy atom. The minimum absolute atomic E-state index is 0.0454. The van der Waals surface area contributed by atoms with E-state index in [1.807, 2.05) is 0 Å². The third-order valence-corrected chi connectivity index (χ3v) is 4.19. The first-order chi connectivity index (χ1) is 8.72. The molecule has 0 aromatic heterocycles. The summed E-state index contributed by atoms with van der Waals surface area (Å²) >= 11 is 0. The van der Waals surface area contributed by atoms with Crippen LogP contribution >= 0.6 is 0 Å². The molecule has 1 saturated heterocycles. The SMILES string of the molecule is CC#CC(=O)NC1C(C#N)CCC12CCOCC2. The van der Waals surface area contributed by atoms with Crippen LogP contribution in [0.3, 0.4) is 0 Å². The highest BCUT2D eigenvalue weighted by atomic mass is 16.5. The molecule has 1 N–H and O–H groups in total. The van der Waals surface area contributed by atoms with Crippen molar-refractivity contribution in [2.75, 3.05) is 13.2 Å². The number of amides is 1. The summed E-state index contributed by atoms with van der Waals surface area (Å²) in [6.45, 7) is 3.09. The Balaban J connectivity index is 2.16. The van der Waals surface area contributed by atoms with Gasteiger partial charge in [-0.2, -0.15) is 5.26 Å². The summed E-state index contributed by atoms with van der Waals surface area (Å²) in [5.41, 5.74) is 0.0454. The average Bonchev–Trinajstić information content (AvgIpc) is 2.69. The number of hydrogen-bond acceptors (Lipinski definition) is 3. The number of hydrogen-bond donors (Lipinski definition) is 1. The van der Waals surface area contributed by atoms with Crippen molar-refractivity contribution in [1.29, 1.82) is 5.26 Å². The fourth-order valence-corrected chi connectivity index (χ4v) is 3.21. The normalized spacial score (nSPS) is 29.1. The molecule has 0 radical (unpaired) electrons. The Bertz CT molecular complexity index is 421. The maximum atomic E-state index is 11.7. The lowest BCUT2D eigenvalue weighted by Gasteiger charge is -2.39. The van der Waals surface area contributed by atoms with E-state index in [0.717, 1.165) is 38.9 Å². The summed E-state index contributed by atoms with van der Waals surface area (Å²) in [6, 6.07) is 2.26. The molecule has 0 bridgehead atoms. The quantitative estimate of drug-likeness (QED) is 0.708. The summed E-state index contributed by atoms with van der Waals surface area (Å²) in [4.78, 5) is 11.7. The van der Waals surface area contributed by atoms with Gasteiger partial charge >= 0.3 is 0 Å². The highest BCUT2D eigenvalue weighted by molar-refractivity contribution is 5.93. The van der Waals surface area contributed by atoms with Crippen molar-refractivity contribution in [3.05, 3.63) is 0 Å². The zero-order valence-corrected chi connectivity index (χ0v) is 10.7. The van der Waals surface area contributed by atoms with Crippen LogP contribution in [0.1, 0.15) is 32.6 Å².